The summed E-state index contributed by atoms with van der Waals surface area (Å²) >= 11 is 0. The highest BCUT2D eigenvalue weighted by Crippen LogP contribution is 2.30. The molecule has 1 fully saturated rings. The third-order valence-electron chi connectivity index (χ3n) is 6.84. The van der Waals surface area contributed by atoms with E-state index in [4.69, 9.17) is 9.47 Å². The monoisotopic (exact) mass is 544 g/mol. The number of likely N-dealkylation sites (tertiary alicyclic amines) is 1. The molecule has 0 aromatic heterocycles. The van der Waals surface area contributed by atoms with Crippen molar-refractivity contribution in [3.05, 3.63) is 35.4 Å². The van der Waals surface area contributed by atoms with Crippen LogP contribution < -0.4 is 16.0 Å². The number of rotatable bonds is 9. The minimum Gasteiger partial charge on any atom is -0.467 e. The van der Waals surface area contributed by atoms with Crippen LogP contribution in [0.25, 0.3) is 0 Å². The quantitative estimate of drug-likeness (QED) is 0.404. The molecule has 1 saturated heterocycles. The Balaban J connectivity index is 1.55. The van der Waals surface area contributed by atoms with Crippen LogP contribution in [0.5, 0.6) is 0 Å². The van der Waals surface area contributed by atoms with Gasteiger partial charge < -0.3 is 30.3 Å². The Hall–Kier alpha value is -3.63. The molecule has 3 atom stereocenters. The lowest BCUT2D eigenvalue weighted by molar-refractivity contribution is -0.147. The highest BCUT2D eigenvalue weighted by molar-refractivity contribution is 5.92. The molecule has 2 aliphatic rings. The van der Waals surface area contributed by atoms with E-state index in [2.05, 4.69) is 22.0 Å². The van der Waals surface area contributed by atoms with Crippen molar-refractivity contribution in [1.82, 2.24) is 20.9 Å². The van der Waals surface area contributed by atoms with Crippen LogP contribution in [-0.4, -0.2) is 72.6 Å². The molecule has 1 aliphatic heterocycles. The summed E-state index contributed by atoms with van der Waals surface area (Å²) in [5, 5.41) is 8.14. The minimum absolute atomic E-state index is 0.0197. The number of benzene rings is 1. The van der Waals surface area contributed by atoms with Gasteiger partial charge in [-0.1, -0.05) is 24.3 Å². The first kappa shape index (κ1) is 29.9. The predicted molar refractivity (Wildman–Crippen MR) is 142 cm³/mol. The Morgan fingerprint density at radius 2 is 1.82 bits per heavy atom. The molecule has 4 amide bonds. The number of hydrogen-bond donors (Lipinski definition) is 3. The summed E-state index contributed by atoms with van der Waals surface area (Å²) in [6.45, 7) is 5.18. The number of aryl methyl sites for hydroxylation is 1. The van der Waals surface area contributed by atoms with Crippen molar-refractivity contribution in [2.45, 2.75) is 89.4 Å². The van der Waals surface area contributed by atoms with Crippen molar-refractivity contribution >= 4 is 29.8 Å². The van der Waals surface area contributed by atoms with Gasteiger partial charge in [0.25, 0.3) is 0 Å². The second-order valence-corrected chi connectivity index (χ2v) is 10.9. The largest absolute Gasteiger partial charge is 0.467 e. The fourth-order valence-corrected chi connectivity index (χ4v) is 4.97. The van der Waals surface area contributed by atoms with Crippen molar-refractivity contribution in [3.8, 4) is 0 Å². The van der Waals surface area contributed by atoms with Gasteiger partial charge in [0.1, 0.15) is 24.2 Å². The highest BCUT2D eigenvalue weighted by atomic mass is 16.6. The number of esters is 1. The Morgan fingerprint density at radius 3 is 2.54 bits per heavy atom. The molecule has 11 heteroatoms. The van der Waals surface area contributed by atoms with Gasteiger partial charge in [-0.2, -0.15) is 0 Å². The lowest BCUT2D eigenvalue weighted by Crippen LogP contribution is -2.56. The molecule has 0 saturated carbocycles. The number of hydrogen-bond acceptors (Lipinski definition) is 7. The second kappa shape index (κ2) is 13.4. The summed E-state index contributed by atoms with van der Waals surface area (Å²) in [4.78, 5) is 64.6. The van der Waals surface area contributed by atoms with E-state index in [-0.39, 0.29) is 31.3 Å². The Kier molecular flexibility index (Phi) is 10.3. The van der Waals surface area contributed by atoms with E-state index in [1.165, 1.54) is 17.6 Å². The van der Waals surface area contributed by atoms with Gasteiger partial charge in [-0.05, 0) is 70.4 Å². The standard InChI is InChI=1S/C28H40N4O7/c1-28(2,3)39-27(37)29-17-24(34)32-16-8-7-11-22(32)25(35)31-21(26(36)38-4)14-15-23(33)30-20-13-12-18-9-5-6-10-19(18)20/h5-6,9-10,20-22H,7-8,11-17H2,1-4H3,(H,29,37)(H,30,33)(H,31,35)/t20-,21+,22+/m1/s1. The van der Waals surface area contributed by atoms with E-state index in [0.29, 0.717) is 19.4 Å². The number of piperidine rings is 1. The highest BCUT2D eigenvalue weighted by Gasteiger charge is 2.35. The van der Waals surface area contributed by atoms with E-state index in [1.54, 1.807) is 20.8 Å². The molecule has 0 spiro atoms. The molecule has 39 heavy (non-hydrogen) atoms. The number of alkyl carbamates (subject to hydrolysis) is 1. The number of amides is 4. The SMILES string of the molecule is COC(=O)[C@H](CCC(=O)N[C@@H]1CCc2ccccc21)NC(=O)[C@@H]1CCCCN1C(=O)CNC(=O)OC(C)(C)C. The van der Waals surface area contributed by atoms with Crippen LogP contribution in [-0.2, 0) is 35.1 Å². The van der Waals surface area contributed by atoms with Crippen molar-refractivity contribution < 1.29 is 33.4 Å². The summed E-state index contributed by atoms with van der Waals surface area (Å²) in [5.41, 5.74) is 1.62. The van der Waals surface area contributed by atoms with E-state index < -0.39 is 41.6 Å². The molecule has 3 N–H and O–H groups in total. The smallest absolute Gasteiger partial charge is 0.408 e. The molecule has 214 valence electrons. The van der Waals surface area contributed by atoms with Gasteiger partial charge in [-0.3, -0.25) is 14.4 Å². The van der Waals surface area contributed by atoms with E-state index in [0.717, 1.165) is 24.8 Å². The van der Waals surface area contributed by atoms with Gasteiger partial charge in [0.05, 0.1) is 13.2 Å². The minimum atomic E-state index is -1.04. The maximum absolute atomic E-state index is 13.2. The van der Waals surface area contributed by atoms with Crippen LogP contribution in [0.15, 0.2) is 24.3 Å². The van der Waals surface area contributed by atoms with Crippen LogP contribution in [0, 0.1) is 0 Å². The van der Waals surface area contributed by atoms with Crippen LogP contribution in [0.3, 0.4) is 0 Å². The molecule has 0 radical (unpaired) electrons. The Morgan fingerprint density at radius 1 is 1.08 bits per heavy atom. The number of nitrogens with one attached hydrogen (secondary N) is 3. The maximum Gasteiger partial charge on any atom is 0.408 e. The first-order chi connectivity index (χ1) is 18.5. The average molecular weight is 545 g/mol. The van der Waals surface area contributed by atoms with Gasteiger partial charge in [-0.25, -0.2) is 9.59 Å². The Bertz CT molecular complexity index is 1070. The van der Waals surface area contributed by atoms with Crippen molar-refractivity contribution in [2.24, 2.45) is 0 Å². The number of nitrogens with zero attached hydrogens (tertiary/aromatic N) is 1. The van der Waals surface area contributed by atoms with Gasteiger partial charge in [0, 0.05) is 13.0 Å². The zero-order chi connectivity index (χ0) is 28.6. The number of carbonyl (C=O) groups is 5. The third-order valence-corrected chi connectivity index (χ3v) is 6.84. The van der Waals surface area contributed by atoms with Crippen LogP contribution in [0.1, 0.15) is 76.5 Å². The summed E-state index contributed by atoms with van der Waals surface area (Å²) in [6, 6.07) is 6.06. The number of carbonyl (C=O) groups excluding carboxylic acids is 5. The van der Waals surface area contributed by atoms with Crippen LogP contribution in [0.4, 0.5) is 4.79 Å². The molecular weight excluding hydrogens is 504 g/mol. The van der Waals surface area contributed by atoms with Gasteiger partial charge in [0.2, 0.25) is 17.7 Å². The molecule has 1 aromatic carbocycles. The topological polar surface area (TPSA) is 143 Å². The normalized spacial score (nSPS) is 19.3. The van der Waals surface area contributed by atoms with Crippen molar-refractivity contribution in [3.63, 3.8) is 0 Å². The van der Waals surface area contributed by atoms with Crippen molar-refractivity contribution in [2.75, 3.05) is 20.2 Å². The number of methoxy groups -OCH3 is 1. The first-order valence-corrected chi connectivity index (χ1v) is 13.5. The molecule has 1 heterocycles. The second-order valence-electron chi connectivity index (χ2n) is 10.9. The molecule has 11 nitrogen and oxygen atoms in total. The molecule has 3 rings (SSSR count). The molecule has 0 unspecified atom stereocenters. The average Bonchev–Trinajstić information content (AvgIpc) is 3.30. The van der Waals surface area contributed by atoms with E-state index >= 15 is 0 Å². The van der Waals surface area contributed by atoms with E-state index in [9.17, 15) is 24.0 Å². The predicted octanol–water partition coefficient (Wildman–Crippen LogP) is 2.13. The van der Waals surface area contributed by atoms with Crippen LogP contribution in [0.2, 0.25) is 0 Å². The maximum atomic E-state index is 13.2. The zero-order valence-corrected chi connectivity index (χ0v) is 23.2. The molecule has 1 aliphatic carbocycles. The summed E-state index contributed by atoms with van der Waals surface area (Å²) < 4.78 is 10.0. The Labute approximate surface area is 229 Å². The summed E-state index contributed by atoms with van der Waals surface area (Å²) in [6.07, 6.45) is 2.93. The van der Waals surface area contributed by atoms with Crippen molar-refractivity contribution in [1.29, 1.82) is 0 Å². The van der Waals surface area contributed by atoms with Gasteiger partial charge in [-0.15, -0.1) is 0 Å². The van der Waals surface area contributed by atoms with Crippen LogP contribution >= 0.6 is 0 Å². The molecule has 1 aromatic rings. The fourth-order valence-electron chi connectivity index (χ4n) is 4.97. The zero-order valence-electron chi connectivity index (χ0n) is 23.2. The summed E-state index contributed by atoms with van der Waals surface area (Å²) in [5.74, 6) is -1.81. The lowest BCUT2D eigenvalue weighted by atomic mass is 10.00. The summed E-state index contributed by atoms with van der Waals surface area (Å²) in [7, 11) is 1.22. The van der Waals surface area contributed by atoms with Gasteiger partial charge in [0.15, 0.2) is 0 Å². The fraction of sp³-hybridized carbons (Fsp3) is 0.607. The van der Waals surface area contributed by atoms with Gasteiger partial charge >= 0.3 is 12.1 Å². The number of ether oxygens (including phenoxy) is 2. The molecular formula is C28H40N4O7. The molecule has 0 bridgehead atoms. The first-order valence-electron chi connectivity index (χ1n) is 13.5. The van der Waals surface area contributed by atoms with E-state index in [1.807, 2.05) is 18.2 Å². The third kappa shape index (κ3) is 8.69. The number of fused-ring (bicyclic) bond motifs is 1. The lowest BCUT2D eigenvalue weighted by Gasteiger charge is -2.35.